The maximum Gasteiger partial charge on any atom is 0.187 e. The molecule has 2 aliphatic heterocycles. The lowest BCUT2D eigenvalue weighted by Gasteiger charge is -2.24. The molecule has 12 heteroatoms. The number of hydrazine groups is 2. The van der Waals surface area contributed by atoms with Gasteiger partial charge in [-0.15, -0.1) is 35.5 Å². The number of rotatable bonds is 2. The Balaban J connectivity index is 1.84. The maximum absolute atomic E-state index is 5.13. The van der Waals surface area contributed by atoms with Crippen molar-refractivity contribution in [3.05, 3.63) is 24.3 Å². The Hall–Kier alpha value is -1.76. The van der Waals surface area contributed by atoms with Crippen molar-refractivity contribution in [2.24, 2.45) is 0 Å². The average Bonchev–Trinajstić information content (AvgIpc) is 3.07. The second-order valence-corrected chi connectivity index (χ2v) is 6.85. The molecule has 1 aromatic carbocycles. The zero-order chi connectivity index (χ0) is 16.8. The third-order valence-corrected chi connectivity index (χ3v) is 4.70. The van der Waals surface area contributed by atoms with Gasteiger partial charge < -0.3 is 10.6 Å². The zero-order valence-corrected chi connectivity index (χ0v) is 15.4. The van der Waals surface area contributed by atoms with E-state index in [1.54, 1.807) is 10.0 Å². The Bertz CT molecular complexity index is 776. The minimum Gasteiger partial charge on any atom is -0.331 e. The molecule has 24 heavy (non-hydrogen) atoms. The van der Waals surface area contributed by atoms with Gasteiger partial charge >= 0.3 is 0 Å². The van der Waals surface area contributed by atoms with E-state index in [4.69, 9.17) is 24.4 Å². The topological polar surface area (TPSA) is 80.4 Å². The van der Waals surface area contributed by atoms with Crippen molar-refractivity contribution in [1.82, 2.24) is 31.7 Å². The van der Waals surface area contributed by atoms with Gasteiger partial charge in [0.2, 0.25) is 0 Å². The monoisotopic (exact) mass is 396 g/mol. The summed E-state index contributed by atoms with van der Waals surface area (Å²) in [6.07, 6.45) is 0. The van der Waals surface area contributed by atoms with E-state index in [1.165, 1.54) is 0 Å². The van der Waals surface area contributed by atoms with E-state index in [-0.39, 0.29) is 11.0 Å². The van der Waals surface area contributed by atoms with Crippen LogP contribution < -0.4 is 31.5 Å². The molecule has 2 saturated heterocycles. The molecule has 2 aromatic rings. The molecule has 0 saturated carbocycles. The van der Waals surface area contributed by atoms with Gasteiger partial charge in [-0.25, -0.2) is 10.0 Å². The molecule has 2 aliphatic rings. The molecule has 4 rings (SSSR count). The highest BCUT2D eigenvalue weighted by Crippen LogP contribution is 2.32. The maximum atomic E-state index is 5.13. The van der Waals surface area contributed by atoms with Crippen LogP contribution in [0.15, 0.2) is 24.3 Å². The Morgan fingerprint density at radius 1 is 0.833 bits per heavy atom. The number of aromatic nitrogens is 2. The van der Waals surface area contributed by atoms with Gasteiger partial charge in [-0.2, -0.15) is 0 Å². The molecule has 124 valence electrons. The third-order valence-electron chi connectivity index (χ3n) is 3.56. The van der Waals surface area contributed by atoms with E-state index in [1.807, 2.05) is 24.3 Å². The van der Waals surface area contributed by atoms with Gasteiger partial charge in [-0.1, -0.05) is 24.3 Å². The number of nitrogens with one attached hydrogen (secondary N) is 4. The van der Waals surface area contributed by atoms with Gasteiger partial charge in [0.25, 0.3) is 0 Å². The summed E-state index contributed by atoms with van der Waals surface area (Å²) in [5.41, 5.74) is 5.36. The van der Waals surface area contributed by atoms with Crippen molar-refractivity contribution >= 4 is 82.3 Å². The number of anilines is 2. The first-order valence-corrected chi connectivity index (χ1v) is 8.74. The van der Waals surface area contributed by atoms with Gasteiger partial charge in [-0.3, -0.25) is 10.9 Å². The largest absolute Gasteiger partial charge is 0.331 e. The molecule has 0 radical (unpaired) electrons. The highest BCUT2D eigenvalue weighted by Gasteiger charge is 2.31. The predicted octanol–water partition coefficient (Wildman–Crippen LogP) is 0.455. The number of nitrogens with zero attached hydrogens (tertiary/aromatic N) is 4. The smallest absolute Gasteiger partial charge is 0.187 e. The zero-order valence-electron chi connectivity index (χ0n) is 12.0. The number of hydrogen-bond donors (Lipinski definition) is 6. The molecule has 8 nitrogen and oxygen atoms in total. The van der Waals surface area contributed by atoms with Crippen molar-refractivity contribution in [1.29, 1.82) is 0 Å². The predicted molar refractivity (Wildman–Crippen MR) is 108 cm³/mol. The standard InChI is InChI=1S/C12H12N8S4/c21-9-13-11(23)19(17-9)7-5-3-1-2-4-6(5)8(16-15-7)20-12(24)14-10(22)18-20/h1-4,11-12,23-24H,(H2,13,17,21)(H2,14,18,22). The van der Waals surface area contributed by atoms with Gasteiger partial charge in [0.05, 0.1) is 0 Å². The van der Waals surface area contributed by atoms with E-state index < -0.39 is 0 Å². The van der Waals surface area contributed by atoms with Crippen LogP contribution in [-0.2, 0) is 0 Å². The van der Waals surface area contributed by atoms with Gasteiger partial charge in [-0.05, 0) is 24.4 Å². The Labute approximate surface area is 159 Å². The minimum atomic E-state index is -0.335. The summed E-state index contributed by atoms with van der Waals surface area (Å²) in [6.45, 7) is 0. The average molecular weight is 397 g/mol. The summed E-state index contributed by atoms with van der Waals surface area (Å²) in [5.74, 6) is 1.24. The van der Waals surface area contributed by atoms with E-state index >= 15 is 0 Å². The van der Waals surface area contributed by atoms with E-state index in [0.29, 0.717) is 21.9 Å². The molecule has 0 bridgehead atoms. The molecule has 0 amide bonds. The fourth-order valence-electron chi connectivity index (χ4n) is 2.54. The van der Waals surface area contributed by atoms with Crippen molar-refractivity contribution in [3.63, 3.8) is 0 Å². The normalized spacial score (nSPS) is 23.1. The third kappa shape index (κ3) is 2.55. The Kier molecular flexibility index (Phi) is 3.90. The summed E-state index contributed by atoms with van der Waals surface area (Å²) < 4.78 is 0. The Morgan fingerprint density at radius 3 is 1.58 bits per heavy atom. The van der Waals surface area contributed by atoms with Gasteiger partial charge in [0, 0.05) is 10.8 Å². The second kappa shape index (κ2) is 5.95. The van der Waals surface area contributed by atoms with Crippen molar-refractivity contribution in [2.45, 2.75) is 11.0 Å². The molecule has 4 N–H and O–H groups in total. The number of thiocarbonyl (C=S) groups is 2. The molecule has 0 aliphatic carbocycles. The van der Waals surface area contributed by atoms with E-state index in [0.717, 1.165) is 10.8 Å². The minimum absolute atomic E-state index is 0.335. The lowest BCUT2D eigenvalue weighted by molar-refractivity contribution is 0.745. The molecule has 2 fully saturated rings. The van der Waals surface area contributed by atoms with Gasteiger partial charge in [0.15, 0.2) is 32.9 Å². The molecule has 2 atom stereocenters. The summed E-state index contributed by atoms with van der Waals surface area (Å²) >= 11 is 19.2. The first-order chi connectivity index (χ1) is 11.5. The lowest BCUT2D eigenvalue weighted by Crippen LogP contribution is -2.39. The summed E-state index contributed by atoms with van der Waals surface area (Å²) in [7, 11) is 0. The van der Waals surface area contributed by atoms with Crippen LogP contribution in [0.25, 0.3) is 10.8 Å². The summed E-state index contributed by atoms with van der Waals surface area (Å²) in [6, 6.07) is 7.79. The van der Waals surface area contributed by atoms with Crippen molar-refractivity contribution < 1.29 is 0 Å². The molecule has 2 unspecified atom stereocenters. The SMILES string of the molecule is S=C1NC(S)N(c2nnc(N3NC(=S)NC3S)c3ccccc23)N1. The number of thiol groups is 2. The lowest BCUT2D eigenvalue weighted by atomic mass is 10.1. The van der Waals surface area contributed by atoms with Crippen LogP contribution in [0.1, 0.15) is 0 Å². The number of hydrogen-bond acceptors (Lipinski definition) is 8. The number of benzene rings is 1. The molecular formula is C12H12N8S4. The summed E-state index contributed by atoms with van der Waals surface area (Å²) in [4.78, 5) is 0. The van der Waals surface area contributed by atoms with Crippen LogP contribution in [0.2, 0.25) is 0 Å². The summed E-state index contributed by atoms with van der Waals surface area (Å²) in [5, 5.41) is 20.9. The van der Waals surface area contributed by atoms with E-state index in [9.17, 15) is 0 Å². The van der Waals surface area contributed by atoms with Crippen LogP contribution in [0.5, 0.6) is 0 Å². The highest BCUT2D eigenvalue weighted by molar-refractivity contribution is 7.82. The van der Waals surface area contributed by atoms with Crippen LogP contribution in [0, 0.1) is 0 Å². The quantitative estimate of drug-likeness (QED) is 0.318. The van der Waals surface area contributed by atoms with Crippen LogP contribution in [0.4, 0.5) is 11.6 Å². The second-order valence-electron chi connectivity index (χ2n) is 5.05. The van der Waals surface area contributed by atoms with E-state index in [2.05, 4.69) is 56.9 Å². The highest BCUT2D eigenvalue weighted by atomic mass is 32.1. The molecule has 1 aromatic heterocycles. The molecule has 3 heterocycles. The molecular weight excluding hydrogens is 384 g/mol. The van der Waals surface area contributed by atoms with Crippen molar-refractivity contribution in [3.8, 4) is 0 Å². The fourth-order valence-corrected chi connectivity index (χ4v) is 3.73. The first kappa shape index (κ1) is 15.7. The van der Waals surface area contributed by atoms with Crippen LogP contribution in [-0.4, -0.2) is 31.4 Å². The molecule has 0 spiro atoms. The first-order valence-electron chi connectivity index (χ1n) is 6.89. The van der Waals surface area contributed by atoms with Gasteiger partial charge in [0.1, 0.15) is 0 Å². The van der Waals surface area contributed by atoms with Crippen LogP contribution >= 0.6 is 49.7 Å². The Morgan fingerprint density at radius 2 is 1.25 bits per heavy atom. The number of fused-ring (bicyclic) bond motifs is 1. The fraction of sp³-hybridized carbons (Fsp3) is 0.167. The van der Waals surface area contributed by atoms with Crippen molar-refractivity contribution in [2.75, 3.05) is 10.0 Å². The van der Waals surface area contributed by atoms with Crippen LogP contribution in [0.3, 0.4) is 0 Å².